The molecule has 1 heterocycles. The highest BCUT2D eigenvalue weighted by molar-refractivity contribution is 6.32. The van der Waals surface area contributed by atoms with Gasteiger partial charge in [-0.15, -0.1) is 0 Å². The first-order valence-corrected chi connectivity index (χ1v) is 9.50. The second-order valence-electron chi connectivity index (χ2n) is 6.10. The maximum Gasteiger partial charge on any atom is 0.273 e. The molecule has 3 aromatic rings. The van der Waals surface area contributed by atoms with E-state index >= 15 is 0 Å². The SMILES string of the molecule is C[C@@H](O)c1cc(Cl)cc(Oc2c(Cl)ccc(CNC(=O)c3nc[nH]c3Cl)c2F)c1. The van der Waals surface area contributed by atoms with Crippen LogP contribution in [0.1, 0.15) is 34.6 Å². The lowest BCUT2D eigenvalue weighted by atomic mass is 10.1. The van der Waals surface area contributed by atoms with Crippen molar-refractivity contribution < 1.29 is 19.0 Å². The van der Waals surface area contributed by atoms with E-state index in [9.17, 15) is 14.3 Å². The predicted molar refractivity (Wildman–Crippen MR) is 108 cm³/mol. The summed E-state index contributed by atoms with van der Waals surface area (Å²) >= 11 is 17.9. The van der Waals surface area contributed by atoms with Crippen LogP contribution in [0.15, 0.2) is 36.7 Å². The molecule has 0 aliphatic rings. The molecule has 1 amide bonds. The Labute approximate surface area is 180 Å². The van der Waals surface area contributed by atoms with Gasteiger partial charge in [0.25, 0.3) is 5.91 Å². The Bertz CT molecular complexity index is 1060. The molecular weight excluding hydrogens is 444 g/mol. The van der Waals surface area contributed by atoms with Gasteiger partial charge in [0, 0.05) is 17.1 Å². The third-order valence-corrected chi connectivity index (χ3v) is 4.78. The Morgan fingerprint density at radius 1 is 1.31 bits per heavy atom. The molecular formula is C19H15Cl3FN3O3. The third kappa shape index (κ3) is 5.00. The van der Waals surface area contributed by atoms with Gasteiger partial charge in [0.1, 0.15) is 10.9 Å². The van der Waals surface area contributed by atoms with Crippen LogP contribution < -0.4 is 10.1 Å². The Balaban J connectivity index is 1.82. The summed E-state index contributed by atoms with van der Waals surface area (Å²) in [6.07, 6.45) is 0.491. The quantitative estimate of drug-likeness (QED) is 0.469. The number of imidazole rings is 1. The van der Waals surface area contributed by atoms with Gasteiger partial charge in [-0.25, -0.2) is 9.37 Å². The fraction of sp³-hybridized carbons (Fsp3) is 0.158. The minimum atomic E-state index is -0.785. The molecule has 0 spiro atoms. The highest BCUT2D eigenvalue weighted by Gasteiger charge is 2.18. The Hall–Kier alpha value is -2.32. The lowest BCUT2D eigenvalue weighted by molar-refractivity contribution is 0.0946. The number of nitrogens with zero attached hydrogens (tertiary/aromatic N) is 1. The lowest BCUT2D eigenvalue weighted by Crippen LogP contribution is -2.24. The Morgan fingerprint density at radius 2 is 2.07 bits per heavy atom. The van der Waals surface area contributed by atoms with Crippen molar-refractivity contribution in [1.29, 1.82) is 0 Å². The van der Waals surface area contributed by atoms with Crippen LogP contribution in [-0.2, 0) is 6.54 Å². The topological polar surface area (TPSA) is 87.2 Å². The van der Waals surface area contributed by atoms with Crippen molar-refractivity contribution >= 4 is 40.7 Å². The summed E-state index contributed by atoms with van der Waals surface area (Å²) in [5.41, 5.74) is 0.646. The van der Waals surface area contributed by atoms with Crippen LogP contribution in [0.5, 0.6) is 11.5 Å². The first-order valence-electron chi connectivity index (χ1n) is 8.36. The van der Waals surface area contributed by atoms with Crippen LogP contribution >= 0.6 is 34.8 Å². The van der Waals surface area contributed by atoms with Gasteiger partial charge in [-0.2, -0.15) is 0 Å². The van der Waals surface area contributed by atoms with E-state index < -0.39 is 17.8 Å². The number of aromatic nitrogens is 2. The number of benzene rings is 2. The Kier molecular flexibility index (Phi) is 6.64. The maximum absolute atomic E-state index is 15.0. The van der Waals surface area contributed by atoms with Crippen molar-refractivity contribution in [2.75, 3.05) is 0 Å². The number of ether oxygens (including phenoxy) is 1. The number of rotatable bonds is 6. The molecule has 3 rings (SSSR count). The normalized spacial score (nSPS) is 11.9. The molecule has 0 aliphatic carbocycles. The fourth-order valence-electron chi connectivity index (χ4n) is 2.50. The Morgan fingerprint density at radius 3 is 2.72 bits per heavy atom. The van der Waals surface area contributed by atoms with Gasteiger partial charge < -0.3 is 20.1 Å². The number of halogens is 4. The van der Waals surface area contributed by atoms with E-state index in [4.69, 9.17) is 39.5 Å². The molecule has 29 heavy (non-hydrogen) atoms. The number of aromatic amines is 1. The summed E-state index contributed by atoms with van der Waals surface area (Å²) in [5.74, 6) is -1.33. The second kappa shape index (κ2) is 9.00. The van der Waals surface area contributed by atoms with E-state index in [0.29, 0.717) is 10.6 Å². The number of aliphatic hydroxyl groups excluding tert-OH is 1. The van der Waals surface area contributed by atoms with Gasteiger partial charge in [-0.05, 0) is 36.8 Å². The number of carbonyl (C=O) groups excluding carboxylic acids is 1. The maximum atomic E-state index is 15.0. The van der Waals surface area contributed by atoms with Crippen LogP contribution in [0, 0.1) is 5.82 Å². The van der Waals surface area contributed by atoms with Crippen molar-refractivity contribution in [1.82, 2.24) is 15.3 Å². The van der Waals surface area contributed by atoms with E-state index in [1.165, 1.54) is 30.6 Å². The fourth-order valence-corrected chi connectivity index (χ4v) is 3.10. The van der Waals surface area contributed by atoms with Crippen molar-refractivity contribution in [2.24, 2.45) is 0 Å². The first-order chi connectivity index (χ1) is 13.8. The van der Waals surface area contributed by atoms with Gasteiger partial charge >= 0.3 is 0 Å². The third-order valence-electron chi connectivity index (χ3n) is 3.97. The van der Waals surface area contributed by atoms with Crippen LogP contribution in [0.3, 0.4) is 0 Å². The molecule has 1 aromatic heterocycles. The molecule has 0 saturated heterocycles. The van der Waals surface area contributed by atoms with Gasteiger partial charge in [-0.3, -0.25) is 4.79 Å². The number of H-pyrrole nitrogens is 1. The van der Waals surface area contributed by atoms with Gasteiger partial charge in [0.2, 0.25) is 0 Å². The number of nitrogens with one attached hydrogen (secondary N) is 2. The summed E-state index contributed by atoms with van der Waals surface area (Å²) in [6, 6.07) is 7.44. The largest absolute Gasteiger partial charge is 0.453 e. The van der Waals surface area contributed by atoms with E-state index in [2.05, 4.69) is 15.3 Å². The minimum Gasteiger partial charge on any atom is -0.453 e. The molecule has 152 valence electrons. The smallest absolute Gasteiger partial charge is 0.273 e. The molecule has 6 nitrogen and oxygen atoms in total. The molecule has 0 fully saturated rings. The molecule has 0 unspecified atom stereocenters. The monoisotopic (exact) mass is 457 g/mol. The van der Waals surface area contributed by atoms with Crippen LogP contribution in [-0.4, -0.2) is 21.0 Å². The molecule has 0 bridgehead atoms. The van der Waals surface area contributed by atoms with Gasteiger partial charge in [-0.1, -0.05) is 40.9 Å². The average Bonchev–Trinajstić information content (AvgIpc) is 3.10. The lowest BCUT2D eigenvalue weighted by Gasteiger charge is -2.14. The number of hydrogen-bond donors (Lipinski definition) is 3. The van der Waals surface area contributed by atoms with Crippen LogP contribution in [0.2, 0.25) is 15.2 Å². The molecule has 2 aromatic carbocycles. The number of hydrogen-bond acceptors (Lipinski definition) is 4. The highest BCUT2D eigenvalue weighted by atomic mass is 35.5. The molecule has 0 saturated carbocycles. The first kappa shape index (κ1) is 21.4. The number of aliphatic hydroxyl groups is 1. The zero-order chi connectivity index (χ0) is 21.1. The average molecular weight is 459 g/mol. The predicted octanol–water partition coefficient (Wildman–Crippen LogP) is 5.28. The van der Waals surface area contributed by atoms with Gasteiger partial charge in [0.05, 0.1) is 17.5 Å². The van der Waals surface area contributed by atoms with E-state index in [1.54, 1.807) is 13.0 Å². The van der Waals surface area contributed by atoms with Gasteiger partial charge in [0.15, 0.2) is 17.3 Å². The van der Waals surface area contributed by atoms with Crippen molar-refractivity contribution in [3.63, 3.8) is 0 Å². The number of carbonyl (C=O) groups is 1. The van der Waals surface area contributed by atoms with E-state index in [-0.39, 0.29) is 39.5 Å². The summed E-state index contributed by atoms with van der Waals surface area (Å²) in [4.78, 5) is 18.5. The van der Waals surface area contributed by atoms with Crippen molar-refractivity contribution in [3.8, 4) is 11.5 Å². The molecule has 3 N–H and O–H groups in total. The van der Waals surface area contributed by atoms with Crippen LogP contribution in [0.4, 0.5) is 4.39 Å². The highest BCUT2D eigenvalue weighted by Crippen LogP contribution is 2.36. The molecule has 10 heteroatoms. The summed E-state index contributed by atoms with van der Waals surface area (Å²) in [6.45, 7) is 1.42. The zero-order valence-corrected chi connectivity index (χ0v) is 17.2. The minimum absolute atomic E-state index is 0.00194. The van der Waals surface area contributed by atoms with E-state index in [1.807, 2.05) is 0 Å². The van der Waals surface area contributed by atoms with Crippen molar-refractivity contribution in [3.05, 3.63) is 74.5 Å². The molecule has 1 atom stereocenters. The number of amides is 1. The van der Waals surface area contributed by atoms with E-state index in [0.717, 1.165) is 0 Å². The summed E-state index contributed by atoms with van der Waals surface area (Å²) in [5, 5.41) is 12.7. The zero-order valence-electron chi connectivity index (χ0n) is 15.0. The summed E-state index contributed by atoms with van der Waals surface area (Å²) in [7, 11) is 0. The van der Waals surface area contributed by atoms with Crippen molar-refractivity contribution in [2.45, 2.75) is 19.6 Å². The molecule has 0 radical (unpaired) electrons. The second-order valence-corrected chi connectivity index (χ2v) is 7.32. The standard InChI is InChI=1S/C19H15Cl3FN3O3/c1-9(27)11-4-12(20)6-13(5-11)29-17-14(21)3-2-10(15(17)23)7-24-19(28)16-18(22)26-8-25-16/h2-6,8-9,27H,7H2,1H3,(H,24,28)(H,25,26)/t9-/m1/s1. The summed E-state index contributed by atoms with van der Waals surface area (Å²) < 4.78 is 20.6. The molecule has 0 aliphatic heterocycles. The van der Waals surface area contributed by atoms with Crippen LogP contribution in [0.25, 0.3) is 0 Å².